The van der Waals surface area contributed by atoms with Crippen LogP contribution in [-0.2, 0) is 15.0 Å². The smallest absolute Gasteiger partial charge is 0.303 e. The second kappa shape index (κ2) is 5.59. The second-order valence-electron chi connectivity index (χ2n) is 4.04. The van der Waals surface area contributed by atoms with Crippen LogP contribution in [0.4, 0.5) is 5.69 Å². The summed E-state index contributed by atoms with van der Waals surface area (Å²) >= 11 is 11.6. The minimum atomic E-state index is -4.19. The minimum Gasteiger partial charge on any atom is -0.303 e. The van der Waals surface area contributed by atoms with Crippen LogP contribution in [0.1, 0.15) is 23.2 Å². The molecule has 9 heteroatoms. The normalized spacial score (nSPS) is 17.0. The van der Waals surface area contributed by atoms with Crippen LogP contribution in [0, 0.1) is 0 Å². The lowest BCUT2D eigenvalue weighted by Crippen LogP contribution is -2.47. The van der Waals surface area contributed by atoms with E-state index in [1.54, 1.807) is 0 Å². The molecule has 1 aliphatic rings. The summed E-state index contributed by atoms with van der Waals surface area (Å²) in [6.45, 7) is 0.00824. The molecular weight excluding hydrogens is 327 g/mol. The van der Waals surface area contributed by atoms with E-state index in [1.165, 1.54) is 18.2 Å². The molecule has 1 aromatic carbocycles. The number of para-hydroxylation sites is 1. The highest BCUT2D eigenvalue weighted by atomic mass is 35.5. The summed E-state index contributed by atoms with van der Waals surface area (Å²) in [5.41, 5.74) is 0.204. The van der Waals surface area contributed by atoms with Crippen molar-refractivity contribution in [1.29, 1.82) is 0 Å². The average Bonchev–Trinajstić information content (AvgIpc) is 2.41. The van der Waals surface area contributed by atoms with Crippen molar-refractivity contribution in [3.63, 3.8) is 0 Å². The van der Waals surface area contributed by atoms with Gasteiger partial charge in [-0.2, -0.15) is 8.42 Å². The van der Waals surface area contributed by atoms with Crippen LogP contribution in [0.2, 0.25) is 5.02 Å². The van der Waals surface area contributed by atoms with Gasteiger partial charge in [0.1, 0.15) is 6.29 Å². The van der Waals surface area contributed by atoms with Gasteiger partial charge in [-0.05, 0) is 18.6 Å². The van der Waals surface area contributed by atoms with Gasteiger partial charge in [-0.25, -0.2) is 4.31 Å². The number of hydrogen-bond acceptors (Lipinski definition) is 4. The first-order chi connectivity index (χ1) is 9.41. The summed E-state index contributed by atoms with van der Waals surface area (Å²) in [5, 5.41) is 0.135. The predicted molar refractivity (Wildman–Crippen MR) is 75.0 cm³/mol. The molecule has 0 radical (unpaired) electrons. The quantitative estimate of drug-likeness (QED) is 0.478. The number of carbonyl (C=O) groups excluding carboxylic acids is 2. The monoisotopic (exact) mass is 336 g/mol. The summed E-state index contributed by atoms with van der Waals surface area (Å²) in [6, 6.07) is 4.46. The maximum atomic E-state index is 12.2. The van der Waals surface area contributed by atoms with Crippen LogP contribution in [0.15, 0.2) is 18.2 Å². The number of benzene rings is 1. The molecule has 0 bridgehead atoms. The van der Waals surface area contributed by atoms with Crippen molar-refractivity contribution in [2.75, 3.05) is 10.8 Å². The number of hydrogen-bond donors (Lipinski definition) is 0. The van der Waals surface area contributed by atoms with Crippen molar-refractivity contribution < 1.29 is 18.0 Å². The summed E-state index contributed by atoms with van der Waals surface area (Å²) in [7, 11) is -4.19. The van der Waals surface area contributed by atoms with Crippen molar-refractivity contribution in [1.82, 2.24) is 3.82 Å². The molecule has 20 heavy (non-hydrogen) atoms. The highest BCUT2D eigenvalue weighted by molar-refractivity contribution is 7.92. The molecule has 0 spiro atoms. The largest absolute Gasteiger partial charge is 0.343 e. The lowest BCUT2D eigenvalue weighted by atomic mass is 10.1. The maximum absolute atomic E-state index is 12.2. The molecule has 6 nitrogen and oxygen atoms in total. The molecular formula is C11H10Cl2N2O4S. The predicted octanol–water partition coefficient (Wildman–Crippen LogP) is 1.98. The molecule has 0 aliphatic carbocycles. The van der Waals surface area contributed by atoms with Crippen LogP contribution in [0.5, 0.6) is 0 Å². The zero-order chi connectivity index (χ0) is 14.9. The zero-order valence-corrected chi connectivity index (χ0v) is 12.5. The average molecular weight is 337 g/mol. The Kier molecular flexibility index (Phi) is 4.22. The molecule has 1 aromatic rings. The van der Waals surface area contributed by atoms with Gasteiger partial charge in [0.2, 0.25) is 0 Å². The second-order valence-corrected chi connectivity index (χ2v) is 6.69. The molecule has 2 rings (SSSR count). The summed E-state index contributed by atoms with van der Waals surface area (Å²) in [6.07, 6.45) is 1.18. The number of carbonyl (C=O) groups is 2. The number of anilines is 1. The van der Waals surface area contributed by atoms with E-state index in [2.05, 4.69) is 0 Å². The minimum absolute atomic E-state index is 0.00824. The molecule has 0 saturated heterocycles. The molecule has 0 N–H and O–H groups in total. The van der Waals surface area contributed by atoms with E-state index in [4.69, 9.17) is 23.4 Å². The first-order valence-corrected chi connectivity index (χ1v) is 7.78. The third kappa shape index (κ3) is 2.36. The zero-order valence-electron chi connectivity index (χ0n) is 10.1. The number of unbranched alkanes of at least 4 members (excludes halogenated alkanes) is 1. The molecule has 0 unspecified atom stereocenters. The summed E-state index contributed by atoms with van der Waals surface area (Å²) in [4.78, 5) is 22.3. The number of fused-ring (bicyclic) bond motifs is 1. The van der Waals surface area contributed by atoms with E-state index in [9.17, 15) is 18.0 Å². The molecule has 0 aromatic heterocycles. The van der Waals surface area contributed by atoms with E-state index in [-0.39, 0.29) is 33.1 Å². The molecule has 1 aliphatic heterocycles. The van der Waals surface area contributed by atoms with Crippen LogP contribution < -0.4 is 4.31 Å². The standard InChI is InChI=1S/C11H10Cl2N2O4S/c12-9-5-3-4-8-10(9)14(6-1-2-7-16)20(18,19)15(13)11(8)17/h3-5,7H,1-2,6H2. The van der Waals surface area contributed by atoms with E-state index in [0.29, 0.717) is 12.7 Å². The van der Waals surface area contributed by atoms with Crippen LogP contribution in [0.3, 0.4) is 0 Å². The number of amides is 1. The van der Waals surface area contributed by atoms with Crippen molar-refractivity contribution in [2.45, 2.75) is 12.8 Å². The Bertz CT molecular complexity index is 662. The fourth-order valence-corrected chi connectivity index (χ4v) is 3.80. The molecule has 0 atom stereocenters. The van der Waals surface area contributed by atoms with Gasteiger partial charge in [0.15, 0.2) is 0 Å². The number of halogens is 2. The van der Waals surface area contributed by atoms with Gasteiger partial charge in [0, 0.05) is 24.7 Å². The number of rotatable bonds is 4. The Hall–Kier alpha value is -1.31. The Morgan fingerprint density at radius 3 is 2.65 bits per heavy atom. The third-order valence-electron chi connectivity index (χ3n) is 2.79. The number of nitrogens with zero attached hydrogens (tertiary/aromatic N) is 2. The SMILES string of the molecule is O=CCCCN1c2c(Cl)cccc2C(=O)N(Cl)S1(=O)=O. The Labute approximate surface area is 126 Å². The van der Waals surface area contributed by atoms with Crippen molar-refractivity contribution >= 4 is 51.5 Å². The molecule has 1 amide bonds. The maximum Gasteiger partial charge on any atom is 0.343 e. The van der Waals surface area contributed by atoms with E-state index >= 15 is 0 Å². The van der Waals surface area contributed by atoms with Crippen LogP contribution >= 0.6 is 23.4 Å². The molecule has 0 saturated carbocycles. The van der Waals surface area contributed by atoms with Gasteiger partial charge >= 0.3 is 10.2 Å². The van der Waals surface area contributed by atoms with Gasteiger partial charge in [-0.1, -0.05) is 17.7 Å². The van der Waals surface area contributed by atoms with Gasteiger partial charge in [-0.15, -0.1) is 3.82 Å². The summed E-state index contributed by atoms with van der Waals surface area (Å²) in [5.74, 6) is -0.851. The summed E-state index contributed by atoms with van der Waals surface area (Å²) < 4.78 is 25.5. The number of aldehydes is 1. The Morgan fingerprint density at radius 1 is 1.30 bits per heavy atom. The lowest BCUT2D eigenvalue weighted by Gasteiger charge is -2.33. The van der Waals surface area contributed by atoms with Gasteiger partial charge in [0.25, 0.3) is 5.91 Å². The fraction of sp³-hybridized carbons (Fsp3) is 0.273. The van der Waals surface area contributed by atoms with Crippen molar-refractivity contribution in [3.8, 4) is 0 Å². The Balaban J connectivity index is 2.55. The topological polar surface area (TPSA) is 74.8 Å². The highest BCUT2D eigenvalue weighted by Crippen LogP contribution is 2.38. The van der Waals surface area contributed by atoms with Gasteiger partial charge in [-0.3, -0.25) is 4.79 Å². The third-order valence-corrected chi connectivity index (χ3v) is 5.27. The highest BCUT2D eigenvalue weighted by Gasteiger charge is 2.42. The molecule has 0 fully saturated rings. The van der Waals surface area contributed by atoms with Gasteiger partial charge in [0.05, 0.1) is 16.3 Å². The Morgan fingerprint density at radius 2 is 2.00 bits per heavy atom. The first kappa shape index (κ1) is 15.1. The molecule has 1 heterocycles. The van der Waals surface area contributed by atoms with E-state index in [0.717, 1.165) is 4.31 Å². The van der Waals surface area contributed by atoms with Crippen molar-refractivity contribution in [3.05, 3.63) is 28.8 Å². The first-order valence-electron chi connectivity index (χ1n) is 5.66. The van der Waals surface area contributed by atoms with Crippen LogP contribution in [0.25, 0.3) is 0 Å². The van der Waals surface area contributed by atoms with Gasteiger partial charge < -0.3 is 4.79 Å². The van der Waals surface area contributed by atoms with Crippen molar-refractivity contribution in [2.24, 2.45) is 0 Å². The van der Waals surface area contributed by atoms with Crippen LogP contribution in [-0.4, -0.2) is 31.0 Å². The molecule has 108 valence electrons. The van der Waals surface area contributed by atoms with E-state index in [1.807, 2.05) is 0 Å². The van der Waals surface area contributed by atoms with E-state index < -0.39 is 16.1 Å². The fourth-order valence-electron chi connectivity index (χ4n) is 1.89. The lowest BCUT2D eigenvalue weighted by molar-refractivity contribution is -0.107.